The highest BCUT2D eigenvalue weighted by molar-refractivity contribution is 7.22. The molecule has 1 aliphatic heterocycles. The number of rotatable bonds is 6. The number of aliphatic carboxylic acids is 1. The van der Waals surface area contributed by atoms with E-state index in [-0.39, 0.29) is 0 Å². The monoisotopic (exact) mass is 565 g/mol. The van der Waals surface area contributed by atoms with E-state index in [9.17, 15) is 9.90 Å². The number of carboxylic acid groups (broad SMARTS) is 1. The first-order valence-corrected chi connectivity index (χ1v) is 14.1. The summed E-state index contributed by atoms with van der Waals surface area (Å²) in [5.41, 5.74) is 3.82. The number of hydrogen-bond donors (Lipinski definition) is 1. The first kappa shape index (κ1) is 27.5. The summed E-state index contributed by atoms with van der Waals surface area (Å²) < 4.78 is 6.97. The number of halogens is 1. The van der Waals surface area contributed by atoms with Crippen LogP contribution in [0.5, 0.6) is 0 Å². The van der Waals surface area contributed by atoms with Gasteiger partial charge >= 0.3 is 5.97 Å². The van der Waals surface area contributed by atoms with E-state index in [1.165, 1.54) is 11.3 Å². The Balaban J connectivity index is 1.67. The maximum absolute atomic E-state index is 12.6. The van der Waals surface area contributed by atoms with Crippen LogP contribution in [0, 0.1) is 6.92 Å². The molecule has 2 aromatic heterocycles. The zero-order chi connectivity index (χ0) is 27.9. The summed E-state index contributed by atoms with van der Waals surface area (Å²) in [4.78, 5) is 31.4. The minimum Gasteiger partial charge on any atom is -0.479 e. The molecule has 0 saturated carbocycles. The van der Waals surface area contributed by atoms with Gasteiger partial charge in [0.15, 0.2) is 6.10 Å². The highest BCUT2D eigenvalue weighted by Gasteiger charge is 2.32. The van der Waals surface area contributed by atoms with Crippen LogP contribution in [0.4, 0.5) is 5.82 Å². The summed E-state index contributed by atoms with van der Waals surface area (Å²) in [6.07, 6.45) is 2.37. The van der Waals surface area contributed by atoms with Crippen LogP contribution in [-0.4, -0.2) is 69.8 Å². The van der Waals surface area contributed by atoms with Crippen molar-refractivity contribution in [2.75, 3.05) is 38.1 Å². The molecule has 5 rings (SSSR count). The zero-order valence-corrected chi connectivity index (χ0v) is 24.3. The molecule has 1 fully saturated rings. The van der Waals surface area contributed by atoms with E-state index in [1.54, 1.807) is 12.4 Å². The van der Waals surface area contributed by atoms with Gasteiger partial charge in [0.25, 0.3) is 0 Å². The van der Waals surface area contributed by atoms with Crippen molar-refractivity contribution in [2.24, 2.45) is 0 Å². The van der Waals surface area contributed by atoms with Crippen LogP contribution in [-0.2, 0) is 9.53 Å². The van der Waals surface area contributed by atoms with Crippen molar-refractivity contribution in [1.29, 1.82) is 0 Å². The van der Waals surface area contributed by atoms with Crippen LogP contribution >= 0.6 is 22.9 Å². The predicted octanol–water partition coefficient (Wildman–Crippen LogP) is 6.07. The summed E-state index contributed by atoms with van der Waals surface area (Å²) in [5, 5.41) is 11.6. The van der Waals surface area contributed by atoms with E-state index in [4.69, 9.17) is 26.3 Å². The number of fused-ring (bicyclic) bond motifs is 1. The van der Waals surface area contributed by atoms with E-state index in [2.05, 4.69) is 21.8 Å². The lowest BCUT2D eigenvalue weighted by molar-refractivity contribution is -0.160. The Morgan fingerprint density at radius 1 is 1.10 bits per heavy atom. The maximum atomic E-state index is 12.6. The lowest BCUT2D eigenvalue weighted by atomic mass is 9.91. The second-order valence-corrected chi connectivity index (χ2v) is 12.3. The molecule has 0 spiro atoms. The highest BCUT2D eigenvalue weighted by atomic mass is 35.5. The third-order valence-electron chi connectivity index (χ3n) is 6.69. The van der Waals surface area contributed by atoms with E-state index in [0.29, 0.717) is 16.3 Å². The molecule has 3 heterocycles. The largest absolute Gasteiger partial charge is 0.479 e. The molecule has 0 radical (unpaired) electrons. The van der Waals surface area contributed by atoms with Gasteiger partial charge in [0.2, 0.25) is 0 Å². The second-order valence-electron chi connectivity index (χ2n) is 10.9. The fourth-order valence-electron chi connectivity index (χ4n) is 4.79. The maximum Gasteiger partial charge on any atom is 0.337 e. The molecule has 8 nitrogen and oxygen atoms in total. The Hall–Kier alpha value is -3.11. The summed E-state index contributed by atoms with van der Waals surface area (Å²) >= 11 is 7.69. The average Bonchev–Trinajstić information content (AvgIpc) is 3.31. The number of benzene rings is 2. The van der Waals surface area contributed by atoms with Gasteiger partial charge in [0.05, 0.1) is 28.2 Å². The summed E-state index contributed by atoms with van der Waals surface area (Å²) in [7, 11) is 2.12. The highest BCUT2D eigenvalue weighted by Crippen LogP contribution is 2.44. The molecule has 0 amide bonds. The standard InChI is InChI=1S/C29H32ClN5O3S/c1-17-14-20-26(39-27(33-20)21-15-31-16-22(32-21)35-12-10-34(5)11-13-35)24(18-6-8-19(30)9-7-18)23(17)25(28(36)37)38-29(2,3)4/h6-9,14-16,25H,10-13H2,1-5H3,(H,36,37)/t25-/m0/s1. The van der Waals surface area contributed by atoms with Gasteiger partial charge in [-0.2, -0.15) is 0 Å². The third-order valence-corrected chi connectivity index (χ3v) is 8.05. The van der Waals surface area contributed by atoms with Crippen LogP contribution < -0.4 is 4.90 Å². The summed E-state index contributed by atoms with van der Waals surface area (Å²) in [6, 6.07) is 9.36. The number of ether oxygens (including phenoxy) is 1. The minimum absolute atomic E-state index is 0.603. The Morgan fingerprint density at radius 3 is 2.44 bits per heavy atom. The van der Waals surface area contributed by atoms with Crippen LogP contribution in [0.3, 0.4) is 0 Å². The number of hydrogen-bond acceptors (Lipinski definition) is 8. The zero-order valence-electron chi connectivity index (χ0n) is 22.7. The quantitative estimate of drug-likeness (QED) is 0.301. The van der Waals surface area contributed by atoms with Gasteiger partial charge in [-0.25, -0.2) is 14.8 Å². The van der Waals surface area contributed by atoms with E-state index in [0.717, 1.165) is 63.9 Å². The molecule has 10 heteroatoms. The molecule has 0 bridgehead atoms. The molecule has 39 heavy (non-hydrogen) atoms. The molecule has 1 atom stereocenters. The molecule has 204 valence electrons. The molecule has 0 unspecified atom stereocenters. The van der Waals surface area contributed by atoms with Gasteiger partial charge in [-0.1, -0.05) is 23.7 Å². The molecule has 1 saturated heterocycles. The van der Waals surface area contributed by atoms with Crippen molar-refractivity contribution in [3.8, 4) is 21.8 Å². The fourth-order valence-corrected chi connectivity index (χ4v) is 6.00. The Labute approximate surface area is 237 Å². The number of carboxylic acids is 1. The molecule has 1 N–H and O–H groups in total. The smallest absolute Gasteiger partial charge is 0.337 e. The fraction of sp³-hybridized carbons (Fsp3) is 0.379. The molecule has 4 aromatic rings. The topological polar surface area (TPSA) is 91.7 Å². The van der Waals surface area contributed by atoms with Crippen molar-refractivity contribution < 1.29 is 14.6 Å². The Kier molecular flexibility index (Phi) is 7.61. The number of piperazine rings is 1. The first-order chi connectivity index (χ1) is 18.5. The summed E-state index contributed by atoms with van der Waals surface area (Å²) in [6.45, 7) is 11.2. The molecule has 2 aromatic carbocycles. The third kappa shape index (κ3) is 5.91. The number of aromatic nitrogens is 3. The van der Waals surface area contributed by atoms with Gasteiger partial charge in [-0.3, -0.25) is 4.98 Å². The minimum atomic E-state index is -1.16. The van der Waals surface area contributed by atoms with Crippen molar-refractivity contribution >= 4 is 44.9 Å². The molecular formula is C29H32ClN5O3S. The Morgan fingerprint density at radius 2 is 1.79 bits per heavy atom. The van der Waals surface area contributed by atoms with Crippen molar-refractivity contribution in [3.63, 3.8) is 0 Å². The summed E-state index contributed by atoms with van der Waals surface area (Å²) in [5.74, 6) is -0.211. The molecule has 1 aliphatic rings. The number of aryl methyl sites for hydroxylation is 1. The lowest BCUT2D eigenvalue weighted by Gasteiger charge is -2.33. The normalized spacial score (nSPS) is 15.6. The molecule has 0 aliphatic carbocycles. The van der Waals surface area contributed by atoms with E-state index >= 15 is 0 Å². The number of carbonyl (C=O) groups is 1. The number of likely N-dealkylation sites (N-methyl/N-ethyl adjacent to an activating group) is 1. The van der Waals surface area contributed by atoms with Gasteiger partial charge in [0.1, 0.15) is 16.5 Å². The number of anilines is 1. The van der Waals surface area contributed by atoms with Crippen LogP contribution in [0.15, 0.2) is 42.7 Å². The molecular weight excluding hydrogens is 534 g/mol. The van der Waals surface area contributed by atoms with Crippen LogP contribution in [0.2, 0.25) is 5.02 Å². The number of thiazole rings is 1. The van der Waals surface area contributed by atoms with Crippen molar-refractivity contribution in [2.45, 2.75) is 39.4 Å². The lowest BCUT2D eigenvalue weighted by Crippen LogP contribution is -2.44. The number of nitrogens with zero attached hydrogens (tertiary/aromatic N) is 5. The van der Waals surface area contributed by atoms with Gasteiger partial charge < -0.3 is 19.6 Å². The SMILES string of the molecule is Cc1cc2nc(-c3cncc(N4CCN(C)CC4)n3)sc2c(-c2ccc(Cl)cc2)c1[C@H](OC(C)(C)C)C(=O)O. The average molecular weight is 566 g/mol. The van der Waals surface area contributed by atoms with Crippen LogP contribution in [0.1, 0.15) is 38.0 Å². The Bertz CT molecular complexity index is 1510. The van der Waals surface area contributed by atoms with Gasteiger partial charge in [-0.05, 0) is 64.1 Å². The second kappa shape index (κ2) is 10.8. The van der Waals surface area contributed by atoms with E-state index < -0.39 is 17.7 Å². The van der Waals surface area contributed by atoms with Crippen molar-refractivity contribution in [1.82, 2.24) is 19.9 Å². The van der Waals surface area contributed by atoms with Crippen molar-refractivity contribution in [3.05, 3.63) is 58.9 Å². The first-order valence-electron chi connectivity index (χ1n) is 12.9. The van der Waals surface area contributed by atoms with E-state index in [1.807, 2.05) is 58.0 Å². The van der Waals surface area contributed by atoms with Crippen LogP contribution in [0.25, 0.3) is 32.0 Å². The van der Waals surface area contributed by atoms with Gasteiger partial charge in [-0.15, -0.1) is 11.3 Å². The van der Waals surface area contributed by atoms with Gasteiger partial charge in [0, 0.05) is 42.3 Å². The predicted molar refractivity (Wildman–Crippen MR) is 157 cm³/mol.